The van der Waals surface area contributed by atoms with Gasteiger partial charge in [-0.1, -0.05) is 50.3 Å². The molecule has 1 saturated carbocycles. The largest absolute Gasteiger partial charge is 0.496 e. The quantitative estimate of drug-likeness (QED) is 0.255. The third-order valence-electron chi connectivity index (χ3n) is 7.75. The molecule has 0 bridgehead atoms. The third kappa shape index (κ3) is 4.05. The minimum absolute atomic E-state index is 0.620. The molecule has 36 heavy (non-hydrogen) atoms. The van der Waals surface area contributed by atoms with Gasteiger partial charge in [-0.25, -0.2) is 4.98 Å². The molecule has 0 spiro atoms. The number of aromatic nitrogens is 2. The van der Waals surface area contributed by atoms with E-state index in [1.807, 2.05) is 12.3 Å². The van der Waals surface area contributed by atoms with Crippen LogP contribution in [-0.2, 0) is 6.42 Å². The maximum Gasteiger partial charge on any atom is 0.228 e. The van der Waals surface area contributed by atoms with Crippen LogP contribution in [0.1, 0.15) is 48.8 Å². The van der Waals surface area contributed by atoms with Gasteiger partial charge in [0.15, 0.2) is 5.58 Å². The zero-order valence-corrected chi connectivity index (χ0v) is 21.3. The number of benzene rings is 2. The van der Waals surface area contributed by atoms with Gasteiger partial charge in [-0.15, -0.1) is 0 Å². The van der Waals surface area contributed by atoms with Crippen molar-refractivity contribution in [3.8, 4) is 28.3 Å². The van der Waals surface area contributed by atoms with E-state index in [2.05, 4.69) is 62.4 Å². The van der Waals surface area contributed by atoms with Gasteiger partial charge in [0.1, 0.15) is 5.75 Å². The molecular formula is C32H32N2O2. The summed E-state index contributed by atoms with van der Waals surface area (Å²) in [5, 5.41) is 1.90. The predicted molar refractivity (Wildman–Crippen MR) is 146 cm³/mol. The standard InChI is InChI=1S/C32H32N2O2/c1-20-8-7-9-21(2)29(20)26-14-12-25-30-28(35-3)15-13-24(31(30)36-32(25)34-26)27-19-23(16-17-33-27)18-22-10-5-4-6-11-22/h7-9,12-17,19,22H,4-6,10-11,18H2,1-3H3. The van der Waals surface area contributed by atoms with E-state index < -0.39 is 0 Å². The Morgan fingerprint density at radius 2 is 1.72 bits per heavy atom. The molecule has 3 heterocycles. The summed E-state index contributed by atoms with van der Waals surface area (Å²) in [7, 11) is 1.70. The zero-order valence-electron chi connectivity index (χ0n) is 21.3. The van der Waals surface area contributed by atoms with Gasteiger partial charge in [0.2, 0.25) is 5.71 Å². The molecular weight excluding hydrogens is 444 g/mol. The van der Waals surface area contributed by atoms with Crippen LogP contribution in [0.25, 0.3) is 44.6 Å². The zero-order chi connectivity index (χ0) is 24.6. The molecule has 4 nitrogen and oxygen atoms in total. The lowest BCUT2D eigenvalue weighted by molar-refractivity contribution is 0.356. The van der Waals surface area contributed by atoms with Crippen molar-refractivity contribution in [1.82, 2.24) is 9.97 Å². The second-order valence-electron chi connectivity index (χ2n) is 10.2. The van der Waals surface area contributed by atoms with Crippen LogP contribution in [0.4, 0.5) is 0 Å². The Kier molecular flexibility index (Phi) is 5.96. The minimum atomic E-state index is 0.620. The highest BCUT2D eigenvalue weighted by atomic mass is 16.5. The summed E-state index contributed by atoms with van der Waals surface area (Å²) in [4.78, 5) is 9.71. The van der Waals surface area contributed by atoms with E-state index in [0.717, 1.165) is 57.0 Å². The van der Waals surface area contributed by atoms with Crippen LogP contribution in [0, 0.1) is 19.8 Å². The van der Waals surface area contributed by atoms with Crippen molar-refractivity contribution < 1.29 is 9.15 Å². The van der Waals surface area contributed by atoms with Crippen LogP contribution in [0.2, 0.25) is 0 Å². The molecule has 5 aromatic rings. The molecule has 0 amide bonds. The molecule has 0 radical (unpaired) electrons. The molecule has 0 aliphatic heterocycles. The number of pyridine rings is 2. The Morgan fingerprint density at radius 3 is 2.50 bits per heavy atom. The summed E-state index contributed by atoms with van der Waals surface area (Å²) in [6, 6.07) is 19.0. The number of methoxy groups -OCH3 is 1. The fourth-order valence-corrected chi connectivity index (χ4v) is 5.93. The van der Waals surface area contributed by atoms with Gasteiger partial charge in [-0.2, -0.15) is 0 Å². The molecule has 6 rings (SSSR count). The van der Waals surface area contributed by atoms with Gasteiger partial charge >= 0.3 is 0 Å². The van der Waals surface area contributed by atoms with Crippen molar-refractivity contribution in [1.29, 1.82) is 0 Å². The summed E-state index contributed by atoms with van der Waals surface area (Å²) in [5.41, 5.74) is 9.14. The number of fused-ring (bicyclic) bond motifs is 3. The fraction of sp³-hybridized carbons (Fsp3) is 0.312. The Labute approximate surface area is 212 Å². The van der Waals surface area contributed by atoms with E-state index in [1.54, 1.807) is 7.11 Å². The van der Waals surface area contributed by atoms with E-state index in [9.17, 15) is 0 Å². The highest BCUT2D eigenvalue weighted by molar-refractivity contribution is 6.12. The number of nitrogens with zero attached hydrogens (tertiary/aromatic N) is 2. The van der Waals surface area contributed by atoms with Gasteiger partial charge in [0.05, 0.1) is 29.3 Å². The highest BCUT2D eigenvalue weighted by Gasteiger charge is 2.20. The van der Waals surface area contributed by atoms with Crippen molar-refractivity contribution in [3.63, 3.8) is 0 Å². The summed E-state index contributed by atoms with van der Waals surface area (Å²) in [5.74, 6) is 1.57. The number of ether oxygens (including phenoxy) is 1. The molecule has 182 valence electrons. The Bertz CT molecular complexity index is 1540. The van der Waals surface area contributed by atoms with Crippen molar-refractivity contribution in [2.45, 2.75) is 52.4 Å². The minimum Gasteiger partial charge on any atom is -0.496 e. The van der Waals surface area contributed by atoms with Crippen molar-refractivity contribution >= 4 is 22.1 Å². The highest BCUT2D eigenvalue weighted by Crippen LogP contribution is 2.41. The monoisotopic (exact) mass is 476 g/mol. The summed E-state index contributed by atoms with van der Waals surface area (Å²) in [6.45, 7) is 4.25. The SMILES string of the molecule is COc1ccc(-c2cc(CC3CCCCC3)ccn2)c2oc3nc(-c4c(C)cccc4C)ccc3c12. The number of aryl methyl sites for hydroxylation is 2. The topological polar surface area (TPSA) is 48.2 Å². The number of hydrogen-bond acceptors (Lipinski definition) is 4. The molecule has 0 N–H and O–H groups in total. The molecule has 1 aliphatic carbocycles. The fourth-order valence-electron chi connectivity index (χ4n) is 5.93. The molecule has 0 atom stereocenters. The van der Waals surface area contributed by atoms with Crippen LogP contribution >= 0.6 is 0 Å². The van der Waals surface area contributed by atoms with Gasteiger partial charge in [0.25, 0.3) is 0 Å². The number of hydrogen-bond donors (Lipinski definition) is 0. The van der Waals surface area contributed by atoms with Crippen molar-refractivity contribution in [2.75, 3.05) is 7.11 Å². The van der Waals surface area contributed by atoms with E-state index in [0.29, 0.717) is 5.71 Å². The van der Waals surface area contributed by atoms with Crippen LogP contribution < -0.4 is 4.74 Å². The normalized spacial score (nSPS) is 14.5. The second-order valence-corrected chi connectivity index (χ2v) is 10.2. The molecule has 3 aromatic heterocycles. The molecule has 0 saturated heterocycles. The summed E-state index contributed by atoms with van der Waals surface area (Å²) < 4.78 is 12.2. The first-order valence-corrected chi connectivity index (χ1v) is 13.0. The van der Waals surface area contributed by atoms with E-state index in [1.165, 1.54) is 48.8 Å². The van der Waals surface area contributed by atoms with Crippen LogP contribution in [0.15, 0.2) is 65.2 Å². The van der Waals surface area contributed by atoms with Crippen molar-refractivity contribution in [3.05, 3.63) is 77.5 Å². The predicted octanol–water partition coefficient (Wildman–Crippen LogP) is 8.46. The van der Waals surface area contributed by atoms with Crippen molar-refractivity contribution in [2.24, 2.45) is 5.92 Å². The molecule has 1 fully saturated rings. The average molecular weight is 477 g/mol. The lowest BCUT2D eigenvalue weighted by atomic mass is 9.85. The van der Waals surface area contributed by atoms with Gasteiger partial charge < -0.3 is 9.15 Å². The smallest absolute Gasteiger partial charge is 0.228 e. The third-order valence-corrected chi connectivity index (χ3v) is 7.75. The van der Waals surface area contributed by atoms with Gasteiger partial charge in [-0.05, 0) is 79.3 Å². The molecule has 0 unspecified atom stereocenters. The number of furan rings is 1. The van der Waals surface area contributed by atoms with E-state index in [4.69, 9.17) is 19.1 Å². The Morgan fingerprint density at radius 1 is 0.917 bits per heavy atom. The average Bonchev–Trinajstić information content (AvgIpc) is 3.28. The molecule has 4 heteroatoms. The Hall–Kier alpha value is -3.66. The lowest BCUT2D eigenvalue weighted by Gasteiger charge is -2.21. The maximum atomic E-state index is 6.48. The molecule has 1 aliphatic rings. The first kappa shape index (κ1) is 22.8. The summed E-state index contributed by atoms with van der Waals surface area (Å²) >= 11 is 0. The van der Waals surface area contributed by atoms with Crippen LogP contribution in [0.3, 0.4) is 0 Å². The van der Waals surface area contributed by atoms with E-state index in [-0.39, 0.29) is 0 Å². The van der Waals surface area contributed by atoms with Crippen LogP contribution in [0.5, 0.6) is 5.75 Å². The van der Waals surface area contributed by atoms with Gasteiger partial charge in [0, 0.05) is 17.3 Å². The molecule has 2 aromatic carbocycles. The lowest BCUT2D eigenvalue weighted by Crippen LogP contribution is -2.09. The van der Waals surface area contributed by atoms with Gasteiger partial charge in [-0.3, -0.25) is 4.98 Å². The second kappa shape index (κ2) is 9.42. The first-order valence-electron chi connectivity index (χ1n) is 13.0. The van der Waals surface area contributed by atoms with Crippen LogP contribution in [-0.4, -0.2) is 17.1 Å². The Balaban J connectivity index is 1.47. The summed E-state index contributed by atoms with van der Waals surface area (Å²) in [6.07, 6.45) is 9.83. The first-order chi connectivity index (χ1) is 17.6. The maximum absolute atomic E-state index is 6.48. The van der Waals surface area contributed by atoms with E-state index >= 15 is 0 Å². The number of rotatable bonds is 5.